The van der Waals surface area contributed by atoms with E-state index in [1.807, 2.05) is 0 Å². The standard InChI is InChI=1S/C11H13Cl/c1-7-6-9-4-3-5-10(9)8(2)11(7)12/h6H,3-5H2,1-2H3. The first kappa shape index (κ1) is 8.12. The first-order chi connectivity index (χ1) is 5.70. The fraction of sp³-hybridized carbons (Fsp3) is 0.455. The molecule has 0 fully saturated rings. The summed E-state index contributed by atoms with van der Waals surface area (Å²) in [6, 6.07) is 2.25. The maximum atomic E-state index is 6.16. The first-order valence-corrected chi connectivity index (χ1v) is 4.85. The van der Waals surface area contributed by atoms with Crippen LogP contribution in [-0.4, -0.2) is 0 Å². The third-order valence-corrected chi connectivity index (χ3v) is 3.36. The first-order valence-electron chi connectivity index (χ1n) is 4.47. The third-order valence-electron chi connectivity index (χ3n) is 2.78. The lowest BCUT2D eigenvalue weighted by Crippen LogP contribution is -1.91. The molecule has 1 aliphatic carbocycles. The molecule has 2 rings (SSSR count). The van der Waals surface area contributed by atoms with Crippen LogP contribution in [0.25, 0.3) is 0 Å². The molecule has 0 bridgehead atoms. The summed E-state index contributed by atoms with van der Waals surface area (Å²) in [5.41, 5.74) is 5.57. The minimum atomic E-state index is 0.968. The second-order valence-electron chi connectivity index (χ2n) is 3.62. The van der Waals surface area contributed by atoms with Crippen LogP contribution in [0.2, 0.25) is 5.02 Å². The van der Waals surface area contributed by atoms with Gasteiger partial charge in [-0.3, -0.25) is 0 Å². The number of halogens is 1. The normalized spacial score (nSPS) is 14.9. The molecule has 0 spiro atoms. The van der Waals surface area contributed by atoms with Crippen LogP contribution < -0.4 is 0 Å². The van der Waals surface area contributed by atoms with Crippen molar-refractivity contribution >= 4 is 11.6 Å². The molecule has 0 radical (unpaired) electrons. The lowest BCUT2D eigenvalue weighted by Gasteiger charge is -2.08. The van der Waals surface area contributed by atoms with E-state index in [1.54, 1.807) is 0 Å². The molecule has 1 heteroatoms. The maximum Gasteiger partial charge on any atom is 0.0467 e. The molecule has 0 saturated carbocycles. The van der Waals surface area contributed by atoms with Crippen molar-refractivity contribution in [3.05, 3.63) is 33.3 Å². The zero-order chi connectivity index (χ0) is 8.72. The summed E-state index contributed by atoms with van der Waals surface area (Å²) >= 11 is 6.16. The lowest BCUT2D eigenvalue weighted by atomic mass is 10.0. The summed E-state index contributed by atoms with van der Waals surface area (Å²) in [5.74, 6) is 0. The highest BCUT2D eigenvalue weighted by molar-refractivity contribution is 6.32. The highest BCUT2D eigenvalue weighted by Gasteiger charge is 2.15. The molecule has 0 aliphatic heterocycles. The molecule has 0 nitrogen and oxygen atoms in total. The van der Waals surface area contributed by atoms with Gasteiger partial charge in [0, 0.05) is 5.02 Å². The van der Waals surface area contributed by atoms with Crippen LogP contribution in [0, 0.1) is 13.8 Å². The van der Waals surface area contributed by atoms with Crippen LogP contribution in [0.1, 0.15) is 28.7 Å². The third kappa shape index (κ3) is 1.06. The summed E-state index contributed by atoms with van der Waals surface area (Å²) < 4.78 is 0. The monoisotopic (exact) mass is 180 g/mol. The molecular formula is C11H13Cl. The van der Waals surface area contributed by atoms with E-state index < -0.39 is 0 Å². The van der Waals surface area contributed by atoms with Gasteiger partial charge in [0.05, 0.1) is 0 Å². The minimum Gasteiger partial charge on any atom is -0.0838 e. The molecule has 0 saturated heterocycles. The number of hydrogen-bond donors (Lipinski definition) is 0. The Kier molecular flexibility index (Phi) is 1.88. The minimum absolute atomic E-state index is 0.968. The van der Waals surface area contributed by atoms with E-state index in [0.717, 1.165) is 5.02 Å². The van der Waals surface area contributed by atoms with Gasteiger partial charge < -0.3 is 0 Å². The van der Waals surface area contributed by atoms with Gasteiger partial charge in [-0.05, 0) is 55.4 Å². The van der Waals surface area contributed by atoms with Gasteiger partial charge in [0.2, 0.25) is 0 Å². The number of benzene rings is 1. The number of fused-ring (bicyclic) bond motifs is 1. The van der Waals surface area contributed by atoms with Crippen LogP contribution >= 0.6 is 11.6 Å². The number of hydrogen-bond acceptors (Lipinski definition) is 0. The largest absolute Gasteiger partial charge is 0.0838 e. The van der Waals surface area contributed by atoms with Crippen molar-refractivity contribution in [3.8, 4) is 0 Å². The maximum absolute atomic E-state index is 6.16. The van der Waals surface area contributed by atoms with Gasteiger partial charge >= 0.3 is 0 Å². The molecule has 1 aromatic rings. The Balaban J connectivity index is 2.67. The molecule has 1 aromatic carbocycles. The molecule has 0 aromatic heterocycles. The molecular weight excluding hydrogens is 168 g/mol. The van der Waals surface area contributed by atoms with Gasteiger partial charge in [0.15, 0.2) is 0 Å². The van der Waals surface area contributed by atoms with Crippen molar-refractivity contribution < 1.29 is 0 Å². The van der Waals surface area contributed by atoms with E-state index in [9.17, 15) is 0 Å². The van der Waals surface area contributed by atoms with Crippen LogP contribution in [0.15, 0.2) is 6.07 Å². The van der Waals surface area contributed by atoms with Gasteiger partial charge in [-0.2, -0.15) is 0 Å². The number of rotatable bonds is 0. The van der Waals surface area contributed by atoms with Gasteiger partial charge in [-0.1, -0.05) is 17.7 Å². The van der Waals surface area contributed by atoms with Gasteiger partial charge in [-0.15, -0.1) is 0 Å². The van der Waals surface area contributed by atoms with Crippen molar-refractivity contribution in [1.82, 2.24) is 0 Å². The predicted octanol–water partition coefficient (Wildman–Crippen LogP) is 3.45. The smallest absolute Gasteiger partial charge is 0.0467 e. The highest BCUT2D eigenvalue weighted by Crippen LogP contribution is 2.32. The number of aryl methyl sites for hydroxylation is 2. The second-order valence-corrected chi connectivity index (χ2v) is 4.00. The lowest BCUT2D eigenvalue weighted by molar-refractivity contribution is 0.909. The molecule has 1 aliphatic rings. The Morgan fingerprint density at radius 1 is 1.25 bits per heavy atom. The summed E-state index contributed by atoms with van der Waals surface area (Å²) in [7, 11) is 0. The average Bonchev–Trinajstić information content (AvgIpc) is 2.48. The van der Waals surface area contributed by atoms with Crippen molar-refractivity contribution in [2.75, 3.05) is 0 Å². The van der Waals surface area contributed by atoms with Crippen molar-refractivity contribution in [1.29, 1.82) is 0 Å². The second kappa shape index (κ2) is 2.77. The highest BCUT2D eigenvalue weighted by atomic mass is 35.5. The van der Waals surface area contributed by atoms with Gasteiger partial charge in [-0.25, -0.2) is 0 Å². The van der Waals surface area contributed by atoms with Crippen LogP contribution in [0.5, 0.6) is 0 Å². The zero-order valence-electron chi connectivity index (χ0n) is 7.58. The zero-order valence-corrected chi connectivity index (χ0v) is 8.33. The Hall–Kier alpha value is -0.490. The van der Waals surface area contributed by atoms with E-state index in [2.05, 4.69) is 19.9 Å². The summed E-state index contributed by atoms with van der Waals surface area (Å²) in [5, 5.41) is 0.968. The molecule has 0 unspecified atom stereocenters. The SMILES string of the molecule is Cc1cc2c(c(C)c1Cl)CCC2. The summed E-state index contributed by atoms with van der Waals surface area (Å²) in [6.45, 7) is 4.23. The van der Waals surface area contributed by atoms with Crippen LogP contribution in [0.3, 0.4) is 0 Å². The van der Waals surface area contributed by atoms with Crippen molar-refractivity contribution in [2.24, 2.45) is 0 Å². The Labute approximate surface area is 78.6 Å². The molecule has 12 heavy (non-hydrogen) atoms. The molecule has 0 heterocycles. The molecule has 64 valence electrons. The molecule has 0 N–H and O–H groups in total. The fourth-order valence-electron chi connectivity index (χ4n) is 2.11. The molecule has 0 amide bonds. The van der Waals surface area contributed by atoms with E-state index in [-0.39, 0.29) is 0 Å². The van der Waals surface area contributed by atoms with E-state index in [0.29, 0.717) is 0 Å². The fourth-order valence-corrected chi connectivity index (χ4v) is 2.28. The van der Waals surface area contributed by atoms with Crippen molar-refractivity contribution in [3.63, 3.8) is 0 Å². The van der Waals surface area contributed by atoms with E-state index >= 15 is 0 Å². The van der Waals surface area contributed by atoms with E-state index in [1.165, 1.54) is 41.5 Å². The van der Waals surface area contributed by atoms with Crippen molar-refractivity contribution in [2.45, 2.75) is 33.1 Å². The van der Waals surface area contributed by atoms with Crippen LogP contribution in [-0.2, 0) is 12.8 Å². The Morgan fingerprint density at radius 3 is 2.75 bits per heavy atom. The topological polar surface area (TPSA) is 0 Å². The van der Waals surface area contributed by atoms with Gasteiger partial charge in [0.25, 0.3) is 0 Å². The Bertz CT molecular complexity index is 326. The van der Waals surface area contributed by atoms with Crippen LogP contribution in [0.4, 0.5) is 0 Å². The summed E-state index contributed by atoms with van der Waals surface area (Å²) in [4.78, 5) is 0. The summed E-state index contributed by atoms with van der Waals surface area (Å²) in [6.07, 6.45) is 3.77. The average molecular weight is 181 g/mol. The quantitative estimate of drug-likeness (QED) is 0.574. The molecule has 0 atom stereocenters. The van der Waals surface area contributed by atoms with E-state index in [4.69, 9.17) is 11.6 Å². The predicted molar refractivity (Wildman–Crippen MR) is 53.0 cm³/mol. The Morgan fingerprint density at radius 2 is 2.00 bits per heavy atom. The van der Waals surface area contributed by atoms with Gasteiger partial charge in [0.1, 0.15) is 0 Å².